The van der Waals surface area contributed by atoms with E-state index in [0.29, 0.717) is 0 Å². The number of fused-ring (bicyclic) bond motifs is 1. The lowest BCUT2D eigenvalue weighted by molar-refractivity contribution is -0.225. The Hall–Kier alpha value is -0.690. The fourth-order valence-electron chi connectivity index (χ4n) is 1.98. The van der Waals surface area contributed by atoms with Crippen LogP contribution < -0.4 is 5.73 Å². The van der Waals surface area contributed by atoms with E-state index in [1.165, 1.54) is 7.11 Å². The summed E-state index contributed by atoms with van der Waals surface area (Å²) in [5.41, 5.74) is 5.20. The van der Waals surface area contributed by atoms with Crippen molar-refractivity contribution in [1.82, 2.24) is 0 Å². The van der Waals surface area contributed by atoms with Crippen molar-refractivity contribution >= 4 is 5.91 Å². The number of amides is 1. The Morgan fingerprint density at radius 3 is 2.47 bits per heavy atom. The van der Waals surface area contributed by atoms with E-state index in [9.17, 15) is 4.79 Å². The number of carbonyl (C=O) groups is 1. The van der Waals surface area contributed by atoms with Crippen LogP contribution in [0.25, 0.3) is 0 Å². The van der Waals surface area contributed by atoms with Crippen molar-refractivity contribution < 1.29 is 23.7 Å². The molecule has 2 aliphatic rings. The third kappa shape index (κ3) is 1.74. The van der Waals surface area contributed by atoms with Gasteiger partial charge in [-0.2, -0.15) is 0 Å². The van der Waals surface area contributed by atoms with Gasteiger partial charge in [-0.15, -0.1) is 0 Å². The van der Waals surface area contributed by atoms with Gasteiger partial charge >= 0.3 is 0 Å². The summed E-state index contributed by atoms with van der Waals surface area (Å²) in [4.78, 5) is 11.1. The molecule has 0 unspecified atom stereocenters. The van der Waals surface area contributed by atoms with Crippen LogP contribution in [0.3, 0.4) is 0 Å². The second-order valence-corrected chi connectivity index (χ2v) is 4.13. The van der Waals surface area contributed by atoms with Gasteiger partial charge in [-0.1, -0.05) is 0 Å². The van der Waals surface area contributed by atoms with Gasteiger partial charge < -0.3 is 24.7 Å². The zero-order valence-electron chi connectivity index (χ0n) is 8.93. The van der Waals surface area contributed by atoms with Crippen LogP contribution in [0, 0.1) is 0 Å². The van der Waals surface area contributed by atoms with Crippen LogP contribution in [0.15, 0.2) is 0 Å². The highest BCUT2D eigenvalue weighted by atomic mass is 16.8. The molecule has 0 aromatic carbocycles. The Labute approximate surface area is 87.6 Å². The first kappa shape index (κ1) is 10.8. The fourth-order valence-corrected chi connectivity index (χ4v) is 1.98. The third-order valence-electron chi connectivity index (χ3n) is 2.52. The summed E-state index contributed by atoms with van der Waals surface area (Å²) in [7, 11) is 1.49. The average Bonchev–Trinajstić information content (AvgIpc) is 2.57. The minimum absolute atomic E-state index is 0.400. The predicted molar refractivity (Wildman–Crippen MR) is 48.7 cm³/mol. The number of methoxy groups -OCH3 is 1. The van der Waals surface area contributed by atoms with Crippen molar-refractivity contribution in [3.8, 4) is 0 Å². The molecule has 86 valence electrons. The first-order chi connectivity index (χ1) is 6.94. The summed E-state index contributed by atoms with van der Waals surface area (Å²) in [6, 6.07) is 0. The zero-order chi connectivity index (χ0) is 11.2. The van der Waals surface area contributed by atoms with Gasteiger partial charge in [0.05, 0.1) is 0 Å². The number of hydrogen-bond donors (Lipinski definition) is 1. The van der Waals surface area contributed by atoms with Crippen LogP contribution in [0.5, 0.6) is 0 Å². The fraction of sp³-hybridized carbons (Fsp3) is 0.889. The maximum Gasteiger partial charge on any atom is 0.249 e. The predicted octanol–water partition coefficient (Wildman–Crippen LogP) is -0.637. The van der Waals surface area contributed by atoms with Crippen molar-refractivity contribution in [1.29, 1.82) is 0 Å². The molecule has 6 heteroatoms. The van der Waals surface area contributed by atoms with Gasteiger partial charge in [0.1, 0.15) is 12.2 Å². The molecule has 2 heterocycles. The van der Waals surface area contributed by atoms with Crippen LogP contribution in [0.2, 0.25) is 0 Å². The lowest BCUT2D eigenvalue weighted by atomic mass is 10.1. The van der Waals surface area contributed by atoms with Gasteiger partial charge in [0, 0.05) is 7.11 Å². The first-order valence-corrected chi connectivity index (χ1v) is 4.78. The van der Waals surface area contributed by atoms with Gasteiger partial charge in [0.25, 0.3) is 0 Å². The molecule has 0 aromatic heterocycles. The summed E-state index contributed by atoms with van der Waals surface area (Å²) < 4.78 is 21.5. The Balaban J connectivity index is 2.19. The van der Waals surface area contributed by atoms with E-state index in [1.54, 1.807) is 13.8 Å². The summed E-state index contributed by atoms with van der Waals surface area (Å²) in [5.74, 6) is -1.30. The number of carbonyl (C=O) groups excluding carboxylic acids is 1. The Morgan fingerprint density at radius 2 is 1.93 bits per heavy atom. The molecule has 0 saturated carbocycles. The number of hydrogen-bond acceptors (Lipinski definition) is 5. The SMILES string of the molecule is CO[C@@H]1O[C@H](C(N)=O)[C@H]2OC(C)(C)O[C@@H]12. The van der Waals surface area contributed by atoms with Crippen LogP contribution in [0.1, 0.15) is 13.8 Å². The van der Waals surface area contributed by atoms with Gasteiger partial charge in [-0.25, -0.2) is 0 Å². The van der Waals surface area contributed by atoms with Crippen molar-refractivity contribution in [2.75, 3.05) is 7.11 Å². The van der Waals surface area contributed by atoms with Crippen LogP contribution in [-0.2, 0) is 23.7 Å². The molecule has 2 fully saturated rings. The second kappa shape index (κ2) is 3.41. The molecule has 0 aromatic rings. The van der Waals surface area contributed by atoms with Crippen molar-refractivity contribution in [3.63, 3.8) is 0 Å². The number of ether oxygens (including phenoxy) is 4. The average molecular weight is 217 g/mol. The molecule has 2 N–H and O–H groups in total. The summed E-state index contributed by atoms with van der Waals surface area (Å²) in [6.07, 6.45) is -2.29. The Bertz CT molecular complexity index is 280. The van der Waals surface area contributed by atoms with Gasteiger partial charge in [-0.05, 0) is 13.8 Å². The molecule has 2 saturated heterocycles. The second-order valence-electron chi connectivity index (χ2n) is 4.13. The van der Waals surface area contributed by atoms with E-state index in [1.807, 2.05) is 0 Å². The minimum Gasteiger partial charge on any atom is -0.367 e. The van der Waals surface area contributed by atoms with Crippen molar-refractivity contribution in [3.05, 3.63) is 0 Å². The molecule has 0 aliphatic carbocycles. The first-order valence-electron chi connectivity index (χ1n) is 4.78. The number of rotatable bonds is 2. The minimum atomic E-state index is -0.804. The largest absolute Gasteiger partial charge is 0.367 e. The molecule has 0 radical (unpaired) electrons. The van der Waals surface area contributed by atoms with E-state index in [4.69, 9.17) is 24.7 Å². The molecule has 15 heavy (non-hydrogen) atoms. The standard InChI is InChI=1S/C9H15NO5/c1-9(2)14-4-5(7(10)11)13-8(12-3)6(4)15-9/h4-6,8H,1-3H3,(H2,10,11)/t4-,5+,6-,8-/m1/s1. The maximum atomic E-state index is 11.1. The lowest BCUT2D eigenvalue weighted by Gasteiger charge is -2.22. The summed E-state index contributed by atoms with van der Waals surface area (Å²) >= 11 is 0. The van der Waals surface area contributed by atoms with Crippen molar-refractivity contribution in [2.45, 2.75) is 44.2 Å². The normalized spacial score (nSPS) is 42.9. The molecular weight excluding hydrogens is 202 g/mol. The molecule has 0 bridgehead atoms. The van der Waals surface area contributed by atoms with Gasteiger partial charge in [0.15, 0.2) is 18.2 Å². The monoisotopic (exact) mass is 217 g/mol. The third-order valence-corrected chi connectivity index (χ3v) is 2.52. The smallest absolute Gasteiger partial charge is 0.249 e. The summed E-state index contributed by atoms with van der Waals surface area (Å²) in [5, 5.41) is 0. The highest BCUT2D eigenvalue weighted by Gasteiger charge is 2.57. The topological polar surface area (TPSA) is 80.0 Å². The van der Waals surface area contributed by atoms with Gasteiger partial charge in [-0.3, -0.25) is 4.79 Å². The zero-order valence-corrected chi connectivity index (χ0v) is 8.93. The van der Waals surface area contributed by atoms with Crippen LogP contribution in [0.4, 0.5) is 0 Å². The number of primary amides is 1. The Kier molecular flexibility index (Phi) is 2.46. The highest BCUT2D eigenvalue weighted by Crippen LogP contribution is 2.38. The molecule has 2 rings (SSSR count). The molecule has 4 atom stereocenters. The highest BCUT2D eigenvalue weighted by molar-refractivity contribution is 5.80. The molecule has 1 amide bonds. The van der Waals surface area contributed by atoms with Gasteiger partial charge in [0.2, 0.25) is 5.91 Å². The van der Waals surface area contributed by atoms with E-state index in [-0.39, 0.29) is 0 Å². The van der Waals surface area contributed by atoms with E-state index in [2.05, 4.69) is 0 Å². The van der Waals surface area contributed by atoms with Crippen LogP contribution in [-0.4, -0.2) is 43.4 Å². The molecular formula is C9H15NO5. The van der Waals surface area contributed by atoms with Crippen molar-refractivity contribution in [2.24, 2.45) is 5.73 Å². The number of nitrogens with two attached hydrogens (primary N) is 1. The molecule has 6 nitrogen and oxygen atoms in total. The molecule has 0 spiro atoms. The lowest BCUT2D eigenvalue weighted by Crippen LogP contribution is -2.39. The summed E-state index contributed by atoms with van der Waals surface area (Å²) in [6.45, 7) is 3.55. The maximum absolute atomic E-state index is 11.1. The van der Waals surface area contributed by atoms with E-state index >= 15 is 0 Å². The van der Waals surface area contributed by atoms with Crippen LogP contribution >= 0.6 is 0 Å². The van der Waals surface area contributed by atoms with E-state index < -0.39 is 36.3 Å². The Morgan fingerprint density at radius 1 is 1.33 bits per heavy atom. The van der Waals surface area contributed by atoms with E-state index in [0.717, 1.165) is 0 Å². The quantitative estimate of drug-likeness (QED) is 0.665. The molecule has 2 aliphatic heterocycles.